The number of hydrogen-bond donors (Lipinski definition) is 0. The van der Waals surface area contributed by atoms with E-state index in [-0.39, 0.29) is 0 Å². The summed E-state index contributed by atoms with van der Waals surface area (Å²) in [5.74, 6) is -1.00. The molecule has 0 aromatic heterocycles. The van der Waals surface area contributed by atoms with Crippen LogP contribution in [0, 0.1) is 0 Å². The third-order valence-electron chi connectivity index (χ3n) is 3.38. The Morgan fingerprint density at radius 3 is 2.12 bits per heavy atom. The maximum Gasteiger partial charge on any atom is 0.303 e. The first kappa shape index (κ1) is 20.4. The molecule has 9 heteroatoms. The van der Waals surface area contributed by atoms with E-state index in [0.717, 1.165) is 0 Å². The van der Waals surface area contributed by atoms with Crippen molar-refractivity contribution in [3.05, 3.63) is 29.3 Å². The van der Waals surface area contributed by atoms with Crippen LogP contribution in [0.25, 0.3) is 0 Å². The zero-order chi connectivity index (χ0) is 19.3. The number of carbonyl (C=O) groups is 3. The van der Waals surface area contributed by atoms with Gasteiger partial charge in [-0.05, 0) is 12.1 Å². The first-order valence-electron chi connectivity index (χ1n) is 7.82. The average Bonchev–Trinajstić information content (AvgIpc) is 2.53. The summed E-state index contributed by atoms with van der Waals surface area (Å²) in [5, 5.41) is 0.390. The first-order valence-corrected chi connectivity index (χ1v) is 9.25. The van der Waals surface area contributed by atoms with E-state index in [1.165, 1.54) is 32.5 Å². The summed E-state index contributed by atoms with van der Waals surface area (Å²) in [5.41, 5.74) is -0.699. The van der Waals surface area contributed by atoms with E-state index in [2.05, 4.69) is 0 Å². The summed E-state index contributed by atoms with van der Waals surface area (Å²) in [6.07, 6.45) is -2.73. The third kappa shape index (κ3) is 5.54. The van der Waals surface area contributed by atoms with Gasteiger partial charge in [0.1, 0.15) is 5.75 Å². The molecule has 0 saturated carbocycles. The third-order valence-corrected chi connectivity index (χ3v) is 4.91. The summed E-state index contributed by atoms with van der Waals surface area (Å²) >= 11 is 7.39. The molecular formula is C17H19ClO7S. The van der Waals surface area contributed by atoms with Gasteiger partial charge in [0, 0.05) is 26.5 Å². The van der Waals surface area contributed by atoms with Crippen LogP contribution in [-0.4, -0.2) is 47.4 Å². The number of rotatable bonds is 5. The van der Waals surface area contributed by atoms with E-state index in [1.807, 2.05) is 0 Å². The highest BCUT2D eigenvalue weighted by molar-refractivity contribution is 7.99. The van der Waals surface area contributed by atoms with Crippen LogP contribution in [0.15, 0.2) is 24.3 Å². The van der Waals surface area contributed by atoms with Gasteiger partial charge < -0.3 is 18.9 Å². The highest BCUT2D eigenvalue weighted by atomic mass is 35.5. The molecule has 26 heavy (non-hydrogen) atoms. The van der Waals surface area contributed by atoms with Crippen molar-refractivity contribution in [2.75, 3.05) is 5.75 Å². The van der Waals surface area contributed by atoms with Crippen LogP contribution in [0.5, 0.6) is 5.75 Å². The minimum atomic E-state index is -0.992. The van der Waals surface area contributed by atoms with E-state index in [4.69, 9.17) is 30.5 Å². The maximum atomic E-state index is 11.6. The molecule has 4 atom stereocenters. The van der Waals surface area contributed by atoms with Crippen molar-refractivity contribution in [2.45, 2.75) is 44.5 Å². The number of benzene rings is 1. The van der Waals surface area contributed by atoms with Gasteiger partial charge in [0.25, 0.3) is 0 Å². The molecule has 142 valence electrons. The van der Waals surface area contributed by atoms with Gasteiger partial charge in [-0.2, -0.15) is 0 Å². The van der Waals surface area contributed by atoms with E-state index >= 15 is 0 Å². The zero-order valence-electron chi connectivity index (χ0n) is 14.5. The van der Waals surface area contributed by atoms with E-state index in [1.54, 1.807) is 24.3 Å². The van der Waals surface area contributed by atoms with Gasteiger partial charge in [-0.25, -0.2) is 0 Å². The molecule has 0 unspecified atom stereocenters. The summed E-state index contributed by atoms with van der Waals surface area (Å²) < 4.78 is 21.8. The summed E-state index contributed by atoms with van der Waals surface area (Å²) in [6.45, 7) is 3.71. The van der Waals surface area contributed by atoms with E-state index in [9.17, 15) is 14.4 Å². The van der Waals surface area contributed by atoms with Crippen LogP contribution in [-0.2, 0) is 28.6 Å². The van der Waals surface area contributed by atoms with Crippen LogP contribution in [0.4, 0.5) is 0 Å². The molecule has 0 radical (unpaired) electrons. The molecule has 1 aromatic rings. The molecular weight excluding hydrogens is 384 g/mol. The number of ether oxygens (including phenoxy) is 4. The Bertz CT molecular complexity index is 681. The molecule has 1 aliphatic heterocycles. The quantitative estimate of drug-likeness (QED) is 0.548. The molecule has 1 heterocycles. The lowest BCUT2D eigenvalue weighted by Crippen LogP contribution is -2.55. The predicted molar refractivity (Wildman–Crippen MR) is 95.0 cm³/mol. The molecule has 2 rings (SSSR count). The zero-order valence-corrected chi connectivity index (χ0v) is 16.0. The molecule has 1 aromatic carbocycles. The predicted octanol–water partition coefficient (Wildman–Crippen LogP) is 2.59. The first-order chi connectivity index (χ1) is 12.3. The van der Waals surface area contributed by atoms with Crippen LogP contribution in [0.1, 0.15) is 20.8 Å². The fourth-order valence-electron chi connectivity index (χ4n) is 2.48. The number of thioether (sulfide) groups is 1. The lowest BCUT2D eigenvalue weighted by Gasteiger charge is -2.40. The lowest BCUT2D eigenvalue weighted by molar-refractivity contribution is -0.186. The van der Waals surface area contributed by atoms with Crippen LogP contribution >= 0.6 is 23.4 Å². The number of hydrogen-bond acceptors (Lipinski definition) is 8. The second-order valence-electron chi connectivity index (χ2n) is 5.55. The standard InChI is InChI=1S/C17H19ClO7S/c1-9(19)22-14-8-26-17(25-13-7-5-4-6-12(13)18)16(24-11(3)21)15(14)23-10(2)20/h4-7,14-17H,8H2,1-3H3/t14-,15+,16-,17-/m1/s1. The SMILES string of the molecule is CC(=O)O[C@@H]1[C@@H](OC(C)=O)[C@H](OC(C)=O)CS[C@H]1Oc1ccccc1Cl. The van der Waals surface area contributed by atoms with E-state index < -0.39 is 41.7 Å². The largest absolute Gasteiger partial charge is 0.474 e. The molecule has 7 nitrogen and oxygen atoms in total. The van der Waals surface area contributed by atoms with Crippen molar-refractivity contribution in [3.63, 3.8) is 0 Å². The minimum Gasteiger partial charge on any atom is -0.474 e. The normalized spacial score (nSPS) is 25.1. The Balaban J connectivity index is 2.29. The fourth-order valence-corrected chi connectivity index (χ4v) is 3.86. The minimum absolute atomic E-state index is 0.296. The number of carbonyl (C=O) groups excluding carboxylic acids is 3. The van der Waals surface area contributed by atoms with Gasteiger partial charge >= 0.3 is 17.9 Å². The summed E-state index contributed by atoms with van der Waals surface area (Å²) in [4.78, 5) is 34.5. The molecule has 0 spiro atoms. The highest BCUT2D eigenvalue weighted by Gasteiger charge is 2.47. The second kappa shape index (κ2) is 9.14. The Labute approximate surface area is 160 Å². The molecule has 1 fully saturated rings. The summed E-state index contributed by atoms with van der Waals surface area (Å²) in [7, 11) is 0. The lowest BCUT2D eigenvalue weighted by atomic mass is 10.1. The topological polar surface area (TPSA) is 88.1 Å². The van der Waals surface area contributed by atoms with E-state index in [0.29, 0.717) is 16.5 Å². The Morgan fingerprint density at radius 1 is 0.962 bits per heavy atom. The van der Waals surface area contributed by atoms with Gasteiger partial charge in [-0.3, -0.25) is 14.4 Å². The van der Waals surface area contributed by atoms with Crippen LogP contribution < -0.4 is 4.74 Å². The van der Waals surface area contributed by atoms with Crippen LogP contribution in [0.2, 0.25) is 5.02 Å². The number of para-hydroxylation sites is 1. The average molecular weight is 403 g/mol. The van der Waals surface area contributed by atoms with Crippen molar-refractivity contribution < 1.29 is 33.3 Å². The molecule has 0 N–H and O–H groups in total. The second-order valence-corrected chi connectivity index (χ2v) is 7.08. The summed E-state index contributed by atoms with van der Waals surface area (Å²) in [6, 6.07) is 6.84. The number of halogens is 1. The monoisotopic (exact) mass is 402 g/mol. The molecule has 1 aliphatic rings. The molecule has 0 amide bonds. The molecule has 0 bridgehead atoms. The Hall–Kier alpha value is -1.93. The van der Waals surface area contributed by atoms with Gasteiger partial charge in [-0.1, -0.05) is 23.7 Å². The van der Waals surface area contributed by atoms with Crippen molar-refractivity contribution in [1.82, 2.24) is 0 Å². The van der Waals surface area contributed by atoms with Crippen molar-refractivity contribution >= 4 is 41.3 Å². The van der Waals surface area contributed by atoms with Gasteiger partial charge in [-0.15, -0.1) is 11.8 Å². The van der Waals surface area contributed by atoms with Gasteiger partial charge in [0.2, 0.25) is 0 Å². The fraction of sp³-hybridized carbons (Fsp3) is 0.471. The van der Waals surface area contributed by atoms with Crippen molar-refractivity contribution in [3.8, 4) is 5.75 Å². The van der Waals surface area contributed by atoms with Crippen LogP contribution in [0.3, 0.4) is 0 Å². The highest BCUT2D eigenvalue weighted by Crippen LogP contribution is 2.36. The number of esters is 3. The van der Waals surface area contributed by atoms with Gasteiger partial charge in [0.15, 0.2) is 23.7 Å². The van der Waals surface area contributed by atoms with Crippen molar-refractivity contribution in [1.29, 1.82) is 0 Å². The molecule has 1 saturated heterocycles. The Kier molecular flexibility index (Phi) is 7.16. The Morgan fingerprint density at radius 2 is 1.54 bits per heavy atom. The van der Waals surface area contributed by atoms with Crippen molar-refractivity contribution in [2.24, 2.45) is 0 Å². The molecule has 0 aliphatic carbocycles. The maximum absolute atomic E-state index is 11.6. The smallest absolute Gasteiger partial charge is 0.303 e. The van der Waals surface area contributed by atoms with Gasteiger partial charge in [0.05, 0.1) is 5.02 Å².